The van der Waals surface area contributed by atoms with E-state index in [1.165, 1.54) is 12.8 Å². The van der Waals surface area contributed by atoms with Gasteiger partial charge in [0.25, 0.3) is 0 Å². The third-order valence-electron chi connectivity index (χ3n) is 9.16. The molecule has 34 heavy (non-hydrogen) atoms. The highest BCUT2D eigenvalue weighted by Gasteiger charge is 2.62. The molecule has 2 saturated carbocycles. The van der Waals surface area contributed by atoms with E-state index in [-0.39, 0.29) is 30.5 Å². The van der Waals surface area contributed by atoms with E-state index in [9.17, 15) is 4.79 Å². The number of carbonyl (C=O) groups excluding carboxylic acids is 1. The van der Waals surface area contributed by atoms with E-state index >= 15 is 0 Å². The molecule has 3 aliphatic heterocycles. The number of epoxide rings is 1. The summed E-state index contributed by atoms with van der Waals surface area (Å²) >= 11 is 0. The molecule has 0 amide bonds. The molecule has 194 valence electrons. The first-order valence-electron chi connectivity index (χ1n) is 14.0. The molecule has 1 unspecified atom stereocenters. The Morgan fingerprint density at radius 1 is 0.853 bits per heavy atom. The van der Waals surface area contributed by atoms with Crippen LogP contribution in [-0.2, 0) is 32.9 Å². The molecule has 0 bridgehead atoms. The van der Waals surface area contributed by atoms with Gasteiger partial charge in [-0.15, -0.1) is 0 Å². The summed E-state index contributed by atoms with van der Waals surface area (Å²) in [7, 11) is -1.99. The molecule has 7 nitrogen and oxygen atoms in total. The monoisotopic (exact) mass is 496 g/mol. The predicted octanol–water partition coefficient (Wildman–Crippen LogP) is 4.86. The minimum Gasteiger partial charge on any atom is -0.408 e. The molecule has 5 fully saturated rings. The summed E-state index contributed by atoms with van der Waals surface area (Å²) in [5.41, 5.74) is 0. The maximum atomic E-state index is 11.5. The summed E-state index contributed by atoms with van der Waals surface area (Å²) in [5.74, 6) is -1.07. The normalized spacial score (nSPS) is 37.8. The molecule has 0 aromatic carbocycles. The second kappa shape index (κ2) is 10.2. The first kappa shape index (κ1) is 25.3. The van der Waals surface area contributed by atoms with Crippen molar-refractivity contribution < 1.29 is 32.9 Å². The summed E-state index contributed by atoms with van der Waals surface area (Å²) < 4.78 is 39.6. The van der Waals surface area contributed by atoms with Crippen LogP contribution in [0.1, 0.15) is 85.0 Å². The SMILES string of the molecule is CC[Si](CC)(CC)OC([C@H]1OC2(CCCCC2)O[C@H]1[C@H]1O[C@@H]1C=O)[C@H]1COC2(CCCCC2)O1. The highest BCUT2D eigenvalue weighted by atomic mass is 28.4. The Kier molecular flexibility index (Phi) is 7.58. The zero-order chi connectivity index (χ0) is 23.8. The summed E-state index contributed by atoms with van der Waals surface area (Å²) in [5, 5.41) is 0. The highest BCUT2D eigenvalue weighted by Crippen LogP contribution is 2.48. The van der Waals surface area contributed by atoms with Crippen molar-refractivity contribution in [2.45, 2.75) is 151 Å². The zero-order valence-corrected chi connectivity index (χ0v) is 22.3. The highest BCUT2D eigenvalue weighted by molar-refractivity contribution is 6.73. The smallest absolute Gasteiger partial charge is 0.192 e. The van der Waals surface area contributed by atoms with Crippen LogP contribution in [-0.4, -0.2) is 69.4 Å². The Morgan fingerprint density at radius 2 is 1.47 bits per heavy atom. The van der Waals surface area contributed by atoms with Crippen LogP contribution in [0.15, 0.2) is 0 Å². The molecule has 0 N–H and O–H groups in total. The van der Waals surface area contributed by atoms with Crippen molar-refractivity contribution >= 4 is 14.6 Å². The van der Waals surface area contributed by atoms with Crippen LogP contribution in [0.4, 0.5) is 0 Å². The van der Waals surface area contributed by atoms with Crippen molar-refractivity contribution in [3.05, 3.63) is 0 Å². The fourth-order valence-corrected chi connectivity index (χ4v) is 9.60. The first-order chi connectivity index (χ1) is 16.5. The van der Waals surface area contributed by atoms with Crippen LogP contribution in [0.2, 0.25) is 18.1 Å². The van der Waals surface area contributed by atoms with E-state index in [0.717, 1.165) is 75.8 Å². The van der Waals surface area contributed by atoms with Gasteiger partial charge in [-0.2, -0.15) is 0 Å². The summed E-state index contributed by atoms with van der Waals surface area (Å²) in [6.45, 7) is 7.28. The maximum absolute atomic E-state index is 11.5. The fraction of sp³-hybridized carbons (Fsp3) is 0.962. The van der Waals surface area contributed by atoms with E-state index in [1.54, 1.807) is 0 Å². The second-order valence-corrected chi connectivity index (χ2v) is 15.8. The maximum Gasteiger partial charge on any atom is 0.192 e. The van der Waals surface area contributed by atoms with E-state index in [1.807, 2.05) is 0 Å². The number of aldehydes is 1. The minimum atomic E-state index is -1.99. The van der Waals surface area contributed by atoms with Gasteiger partial charge in [-0.1, -0.05) is 33.6 Å². The molecule has 0 aromatic rings. The van der Waals surface area contributed by atoms with Crippen LogP contribution in [0, 0.1) is 0 Å². The van der Waals surface area contributed by atoms with Gasteiger partial charge < -0.3 is 32.9 Å². The largest absolute Gasteiger partial charge is 0.408 e. The van der Waals surface area contributed by atoms with E-state index in [0.29, 0.717) is 6.61 Å². The summed E-state index contributed by atoms with van der Waals surface area (Å²) in [6.07, 6.45) is 9.68. The van der Waals surface area contributed by atoms with Crippen molar-refractivity contribution in [2.75, 3.05) is 6.61 Å². The number of rotatable bonds is 9. The Morgan fingerprint density at radius 3 is 2.03 bits per heavy atom. The third-order valence-corrected chi connectivity index (χ3v) is 13.8. The molecule has 8 heteroatoms. The number of hydrogen-bond donors (Lipinski definition) is 0. The molecule has 0 radical (unpaired) electrons. The van der Waals surface area contributed by atoms with Crippen LogP contribution in [0.5, 0.6) is 0 Å². The standard InChI is InChI=1S/C26H44O7Si/c1-4-34(5-2,6-3)33-22(20-18-28-25(30-20)13-9-7-10-14-25)24-23(21-19(17-27)29-21)31-26(32-24)15-11-8-12-16-26/h17,19-24H,4-16,18H2,1-3H3/t19-,20-,21+,22?,23+,24-/m1/s1. The Bertz CT molecular complexity index is 693. The average Bonchev–Trinajstić information content (AvgIpc) is 3.44. The van der Waals surface area contributed by atoms with Crippen LogP contribution in [0.3, 0.4) is 0 Å². The molecule has 3 saturated heterocycles. The predicted molar refractivity (Wildman–Crippen MR) is 129 cm³/mol. The number of hydrogen-bond acceptors (Lipinski definition) is 7. The fourth-order valence-electron chi connectivity index (χ4n) is 6.74. The van der Waals surface area contributed by atoms with Crippen LogP contribution < -0.4 is 0 Å². The van der Waals surface area contributed by atoms with Gasteiger partial charge >= 0.3 is 0 Å². The van der Waals surface area contributed by atoms with Gasteiger partial charge in [0, 0.05) is 25.7 Å². The Hall–Kier alpha value is -0.353. The van der Waals surface area contributed by atoms with Crippen LogP contribution >= 0.6 is 0 Å². The lowest BCUT2D eigenvalue weighted by atomic mass is 9.94. The Balaban J connectivity index is 1.44. The van der Waals surface area contributed by atoms with E-state index < -0.39 is 26.0 Å². The van der Waals surface area contributed by atoms with E-state index in [2.05, 4.69) is 20.8 Å². The van der Waals surface area contributed by atoms with Gasteiger partial charge in [0.05, 0.1) is 6.61 Å². The Labute approximate surface area is 205 Å². The van der Waals surface area contributed by atoms with Crippen LogP contribution in [0.25, 0.3) is 0 Å². The van der Waals surface area contributed by atoms with Gasteiger partial charge in [0.2, 0.25) is 0 Å². The van der Waals surface area contributed by atoms with Gasteiger partial charge in [-0.05, 0) is 43.8 Å². The lowest BCUT2D eigenvalue weighted by Crippen LogP contribution is -2.54. The quantitative estimate of drug-likeness (QED) is 0.256. The van der Waals surface area contributed by atoms with Crippen molar-refractivity contribution in [2.24, 2.45) is 0 Å². The van der Waals surface area contributed by atoms with E-state index in [4.69, 9.17) is 28.1 Å². The first-order valence-corrected chi connectivity index (χ1v) is 16.5. The molecule has 6 atom stereocenters. The lowest BCUT2D eigenvalue weighted by molar-refractivity contribution is -0.215. The van der Waals surface area contributed by atoms with Gasteiger partial charge in [-0.3, -0.25) is 0 Å². The zero-order valence-electron chi connectivity index (χ0n) is 21.3. The van der Waals surface area contributed by atoms with Crippen molar-refractivity contribution in [1.82, 2.24) is 0 Å². The lowest BCUT2D eigenvalue weighted by Gasteiger charge is -2.40. The molecule has 5 aliphatic rings. The van der Waals surface area contributed by atoms with Crippen molar-refractivity contribution in [1.29, 1.82) is 0 Å². The van der Waals surface area contributed by atoms with Crippen molar-refractivity contribution in [3.8, 4) is 0 Å². The second-order valence-electron chi connectivity index (χ2n) is 11.1. The number of carbonyl (C=O) groups is 1. The van der Waals surface area contributed by atoms with Gasteiger partial charge in [0.15, 0.2) is 26.2 Å². The minimum absolute atomic E-state index is 0.196. The van der Waals surface area contributed by atoms with Crippen molar-refractivity contribution in [3.63, 3.8) is 0 Å². The molecule has 3 heterocycles. The third kappa shape index (κ3) is 4.81. The number of ether oxygens (including phenoxy) is 5. The molecule has 5 rings (SSSR count). The molecule has 0 aromatic heterocycles. The van der Waals surface area contributed by atoms with Gasteiger partial charge in [-0.25, -0.2) is 0 Å². The molecule has 2 spiro atoms. The van der Waals surface area contributed by atoms with Gasteiger partial charge in [0.1, 0.15) is 36.6 Å². The molecular formula is C26H44O7Si. The molecular weight excluding hydrogens is 452 g/mol. The summed E-state index contributed by atoms with van der Waals surface area (Å²) in [6, 6.07) is 3.15. The average molecular weight is 497 g/mol. The topological polar surface area (TPSA) is 75.8 Å². The molecule has 2 aliphatic carbocycles. The summed E-state index contributed by atoms with van der Waals surface area (Å²) in [4.78, 5) is 11.5.